The van der Waals surface area contributed by atoms with E-state index in [1.807, 2.05) is 27.7 Å². The van der Waals surface area contributed by atoms with Gasteiger partial charge in [0.05, 0.1) is 18.9 Å². The third kappa shape index (κ3) is 26.6. The van der Waals surface area contributed by atoms with E-state index in [1.54, 1.807) is 0 Å². The summed E-state index contributed by atoms with van der Waals surface area (Å²) in [6, 6.07) is -9.15. The molecule has 0 aliphatic rings. The highest BCUT2D eigenvalue weighted by molar-refractivity contribution is 5.97. The van der Waals surface area contributed by atoms with E-state index in [2.05, 4.69) is 52.5 Å². The summed E-state index contributed by atoms with van der Waals surface area (Å²) in [6.07, 6.45) is 8.20. The Kier molecular flexibility index (Phi) is 32.3. The molecule has 1 aromatic rings. The van der Waals surface area contributed by atoms with Crippen molar-refractivity contribution in [2.45, 2.75) is 179 Å². The van der Waals surface area contributed by atoms with E-state index in [0.717, 1.165) is 0 Å². The number of carboxylic acid groups (broad SMARTS) is 1. The summed E-state index contributed by atoms with van der Waals surface area (Å²) >= 11 is 0. The van der Waals surface area contributed by atoms with Gasteiger partial charge in [0.1, 0.15) is 42.3 Å². The zero-order valence-electron chi connectivity index (χ0n) is 43.0. The van der Waals surface area contributed by atoms with E-state index in [0.29, 0.717) is 89.7 Å². The lowest BCUT2D eigenvalue weighted by atomic mass is 9.99. The SMILES string of the molecule is CC(C)C[C@H](NC(=O)[C@H](CCCCN)NC(=O)[C@H](C)NC(=O)CNC(=O)[C@H](CCCCN)NC(=O)[C@@H](N)CCCCN)C(=O)N[C@@H](CC(C)C)C(=O)N[C@@H](Cc1cnc[nH]1)C(=O)N[C@@H](CCCCN)C(=O)O. The average Bonchev–Trinajstić information content (AvgIpc) is 3.84. The van der Waals surface area contributed by atoms with Crippen molar-refractivity contribution in [3.05, 3.63) is 18.2 Å². The predicted molar refractivity (Wildman–Crippen MR) is 271 cm³/mol. The van der Waals surface area contributed by atoms with Crippen LogP contribution in [0.4, 0.5) is 0 Å². The van der Waals surface area contributed by atoms with Crippen LogP contribution in [0.1, 0.15) is 130 Å². The summed E-state index contributed by atoms with van der Waals surface area (Å²) in [7, 11) is 0. The molecule has 0 saturated carbocycles. The predicted octanol–water partition coefficient (Wildman–Crippen LogP) is -2.50. The van der Waals surface area contributed by atoms with Crippen molar-refractivity contribution in [3.8, 4) is 0 Å². The Morgan fingerprint density at radius 1 is 0.514 bits per heavy atom. The number of hydrogen-bond donors (Lipinski definition) is 15. The molecule has 1 aromatic heterocycles. The van der Waals surface area contributed by atoms with E-state index in [1.165, 1.54) is 19.4 Å². The van der Waals surface area contributed by atoms with Gasteiger partial charge in [-0.25, -0.2) is 9.78 Å². The first-order valence-corrected chi connectivity index (χ1v) is 25.3. The van der Waals surface area contributed by atoms with Crippen molar-refractivity contribution in [3.63, 3.8) is 0 Å². The normalized spacial score (nSPS) is 14.6. The number of rotatable bonds is 39. The molecule has 0 unspecified atom stereocenters. The summed E-state index contributed by atoms with van der Waals surface area (Å²) in [6.45, 7) is 9.64. The van der Waals surface area contributed by atoms with Crippen molar-refractivity contribution in [2.24, 2.45) is 40.5 Å². The van der Waals surface area contributed by atoms with E-state index in [4.69, 9.17) is 28.7 Å². The van der Waals surface area contributed by atoms with Gasteiger partial charge in [0.2, 0.25) is 47.3 Å². The maximum Gasteiger partial charge on any atom is 0.326 e. The smallest absolute Gasteiger partial charge is 0.326 e. The number of hydrogen-bond acceptors (Lipinski definition) is 15. The van der Waals surface area contributed by atoms with Gasteiger partial charge in [-0.15, -0.1) is 0 Å². The molecule has 20 N–H and O–H groups in total. The number of aromatic nitrogens is 2. The molecule has 0 saturated heterocycles. The molecule has 0 aromatic carbocycles. The second-order valence-electron chi connectivity index (χ2n) is 19.0. The molecule has 1 rings (SSSR count). The van der Waals surface area contributed by atoms with Gasteiger partial charge < -0.3 is 81.3 Å². The minimum atomic E-state index is -1.28. The largest absolute Gasteiger partial charge is 0.480 e. The van der Waals surface area contributed by atoms with Crippen LogP contribution < -0.4 is 71.2 Å². The maximum absolute atomic E-state index is 14.1. The summed E-state index contributed by atoms with van der Waals surface area (Å²) in [5.74, 6) is -7.08. The number of imidazole rings is 1. The number of nitrogens with one attached hydrogen (secondary N) is 9. The van der Waals surface area contributed by atoms with E-state index >= 15 is 0 Å². The highest BCUT2D eigenvalue weighted by Gasteiger charge is 2.34. The average molecular weight is 1020 g/mol. The van der Waals surface area contributed by atoms with Gasteiger partial charge in [0.25, 0.3) is 0 Å². The van der Waals surface area contributed by atoms with Gasteiger partial charge in [0, 0.05) is 18.3 Å². The van der Waals surface area contributed by atoms with Gasteiger partial charge in [-0.2, -0.15) is 0 Å². The van der Waals surface area contributed by atoms with E-state index in [9.17, 15) is 48.3 Å². The van der Waals surface area contributed by atoms with Crippen LogP contribution in [0.5, 0.6) is 0 Å². The third-order valence-corrected chi connectivity index (χ3v) is 11.5. The number of aliphatic carboxylic acids is 1. The Hall–Kier alpha value is -5.76. The van der Waals surface area contributed by atoms with Gasteiger partial charge in [-0.3, -0.25) is 38.4 Å². The fourth-order valence-corrected chi connectivity index (χ4v) is 7.46. The molecule has 410 valence electrons. The number of nitrogens with two attached hydrogens (primary N) is 5. The molecule has 0 aliphatic carbocycles. The lowest BCUT2D eigenvalue weighted by Gasteiger charge is -2.28. The first-order chi connectivity index (χ1) is 34.2. The van der Waals surface area contributed by atoms with Crippen molar-refractivity contribution < 1.29 is 48.3 Å². The number of amides is 8. The van der Waals surface area contributed by atoms with Crippen molar-refractivity contribution >= 4 is 53.2 Å². The molecule has 0 fully saturated rings. The quantitative estimate of drug-likeness (QED) is 0.0303. The molecule has 0 radical (unpaired) electrons. The Labute approximate surface area is 423 Å². The third-order valence-electron chi connectivity index (χ3n) is 11.5. The molecule has 25 heteroatoms. The molecule has 72 heavy (non-hydrogen) atoms. The standard InChI is InChI=1S/C47H87N15O10/c1-28(2)22-36(44(68)61-37(23-29(3)4)45(69)62-38(24-31-25-53-27-55-31)46(70)59-35(47(71)72)17-9-13-21-51)60-43(67)34(16-8-12-20-50)57-40(64)30(5)56-39(63)26-54-42(66)33(15-7-11-19-49)58-41(65)32(52)14-6-10-18-48/h25,27-30,32-38H,6-24,26,48-52H2,1-5H3,(H,53,55)(H,54,66)(H,56,63)(H,57,64)(H,58,65)(H,59,70)(H,60,67)(H,61,68)(H,62,69)(H,71,72)/t30-,32-,33-,34-,35-,36-,37-,38-/m0/s1. The van der Waals surface area contributed by atoms with Crippen LogP contribution in [-0.2, 0) is 49.6 Å². The number of aromatic amines is 1. The molecule has 25 nitrogen and oxygen atoms in total. The first kappa shape index (κ1) is 64.3. The van der Waals surface area contributed by atoms with Crippen LogP contribution in [-0.4, -0.2) is 149 Å². The number of carbonyl (C=O) groups excluding carboxylic acids is 8. The van der Waals surface area contributed by atoms with Crippen molar-refractivity contribution in [1.82, 2.24) is 52.5 Å². The van der Waals surface area contributed by atoms with Crippen LogP contribution >= 0.6 is 0 Å². The van der Waals surface area contributed by atoms with Crippen molar-refractivity contribution in [2.75, 3.05) is 32.7 Å². The first-order valence-electron chi connectivity index (χ1n) is 25.3. The van der Waals surface area contributed by atoms with Crippen LogP contribution in [0.25, 0.3) is 0 Å². The second-order valence-corrected chi connectivity index (χ2v) is 19.0. The molecule has 1 heterocycles. The molecule has 0 spiro atoms. The molecule has 0 aliphatic heterocycles. The molecule has 8 amide bonds. The minimum Gasteiger partial charge on any atom is -0.480 e. The summed E-state index contributed by atoms with van der Waals surface area (Å²) < 4.78 is 0. The maximum atomic E-state index is 14.1. The number of carboxylic acids is 1. The van der Waals surface area contributed by atoms with Crippen LogP contribution in [0, 0.1) is 11.8 Å². The lowest BCUT2D eigenvalue weighted by molar-refractivity contribution is -0.142. The van der Waals surface area contributed by atoms with Crippen LogP contribution in [0.15, 0.2) is 12.5 Å². The number of nitrogens with zero attached hydrogens (tertiary/aromatic N) is 1. The Morgan fingerprint density at radius 2 is 0.917 bits per heavy atom. The van der Waals surface area contributed by atoms with Gasteiger partial charge in [-0.1, -0.05) is 34.1 Å². The zero-order chi connectivity index (χ0) is 54.2. The van der Waals surface area contributed by atoms with Crippen molar-refractivity contribution in [1.29, 1.82) is 0 Å². The fourth-order valence-electron chi connectivity index (χ4n) is 7.46. The number of carbonyl (C=O) groups is 9. The molecule has 8 atom stereocenters. The van der Waals surface area contributed by atoms with Crippen LogP contribution in [0.3, 0.4) is 0 Å². The summed E-state index contributed by atoms with van der Waals surface area (Å²) in [5.41, 5.74) is 28.9. The Balaban J connectivity index is 3.19. The van der Waals surface area contributed by atoms with Gasteiger partial charge in [-0.05, 0) is 128 Å². The van der Waals surface area contributed by atoms with E-state index < -0.39 is 108 Å². The van der Waals surface area contributed by atoms with Gasteiger partial charge in [0.15, 0.2) is 0 Å². The Morgan fingerprint density at radius 3 is 1.38 bits per heavy atom. The van der Waals surface area contributed by atoms with E-state index in [-0.39, 0.29) is 50.4 Å². The fraction of sp³-hybridized carbons (Fsp3) is 0.745. The number of unbranched alkanes of at least 4 members (excludes halogenated alkanes) is 4. The molecular formula is C47H87N15O10. The van der Waals surface area contributed by atoms with Gasteiger partial charge >= 0.3 is 5.97 Å². The topological polar surface area (TPSA) is 429 Å². The molecular weight excluding hydrogens is 935 g/mol. The minimum absolute atomic E-state index is 0.0821. The highest BCUT2D eigenvalue weighted by Crippen LogP contribution is 2.12. The molecule has 0 bridgehead atoms. The zero-order valence-corrected chi connectivity index (χ0v) is 43.0. The summed E-state index contributed by atoms with van der Waals surface area (Å²) in [4.78, 5) is 127. The Bertz CT molecular complexity index is 1820. The summed E-state index contributed by atoms with van der Waals surface area (Å²) in [5, 5.41) is 30.8. The van der Waals surface area contributed by atoms with Crippen LogP contribution in [0.2, 0.25) is 0 Å². The monoisotopic (exact) mass is 1020 g/mol. The highest BCUT2D eigenvalue weighted by atomic mass is 16.4. The lowest BCUT2D eigenvalue weighted by Crippen LogP contribution is -2.60. The second kappa shape index (κ2) is 36.2. The number of H-pyrrole nitrogens is 1.